The molecule has 0 heterocycles. The first-order chi connectivity index (χ1) is 8.40. The Morgan fingerprint density at radius 3 is 2.06 bits per heavy atom. The van der Waals surface area contributed by atoms with Gasteiger partial charge in [-0.2, -0.15) is 0 Å². The highest BCUT2D eigenvalue weighted by Gasteiger charge is 2.11. The summed E-state index contributed by atoms with van der Waals surface area (Å²) in [7, 11) is 0. The van der Waals surface area contributed by atoms with Gasteiger partial charge < -0.3 is 0 Å². The Bertz CT molecular complexity index is 425. The van der Waals surface area contributed by atoms with Gasteiger partial charge in [0.2, 0.25) is 0 Å². The third-order valence-electron chi connectivity index (χ3n) is 2.84. The second kappa shape index (κ2) is 6.18. The predicted octanol–water partition coefficient (Wildman–Crippen LogP) is 3.85. The molecule has 88 valence electrons. The standard InChI is InChI=1S/C15H16O2/c16-17-15(14-9-5-2-6-10-14)12-11-13-7-3-1-4-8-13/h1-10,15-16H,11-12H2. The summed E-state index contributed by atoms with van der Waals surface area (Å²) in [5, 5.41) is 8.96. The van der Waals surface area contributed by atoms with Crippen LogP contribution < -0.4 is 0 Å². The van der Waals surface area contributed by atoms with Crippen LogP contribution in [0.3, 0.4) is 0 Å². The fraction of sp³-hybridized carbons (Fsp3) is 0.200. The van der Waals surface area contributed by atoms with Crippen molar-refractivity contribution in [2.24, 2.45) is 0 Å². The molecule has 0 aliphatic rings. The van der Waals surface area contributed by atoms with Crippen molar-refractivity contribution >= 4 is 0 Å². The molecule has 0 radical (unpaired) electrons. The van der Waals surface area contributed by atoms with E-state index in [-0.39, 0.29) is 6.10 Å². The zero-order valence-electron chi connectivity index (χ0n) is 9.62. The van der Waals surface area contributed by atoms with Crippen molar-refractivity contribution in [2.45, 2.75) is 18.9 Å². The average Bonchev–Trinajstić information content (AvgIpc) is 2.42. The van der Waals surface area contributed by atoms with Gasteiger partial charge in [-0.05, 0) is 24.0 Å². The van der Waals surface area contributed by atoms with Gasteiger partial charge in [0, 0.05) is 0 Å². The van der Waals surface area contributed by atoms with Gasteiger partial charge in [-0.1, -0.05) is 60.7 Å². The summed E-state index contributed by atoms with van der Waals surface area (Å²) in [4.78, 5) is 4.56. The van der Waals surface area contributed by atoms with Gasteiger partial charge in [-0.3, -0.25) is 5.26 Å². The van der Waals surface area contributed by atoms with Crippen molar-refractivity contribution < 1.29 is 10.1 Å². The minimum Gasteiger partial charge on any atom is -0.251 e. The Morgan fingerprint density at radius 1 is 0.882 bits per heavy atom. The van der Waals surface area contributed by atoms with E-state index in [2.05, 4.69) is 17.0 Å². The number of hydrogen-bond donors (Lipinski definition) is 1. The Balaban J connectivity index is 1.97. The third-order valence-corrected chi connectivity index (χ3v) is 2.84. The lowest BCUT2D eigenvalue weighted by atomic mass is 10.0. The minimum absolute atomic E-state index is 0.253. The van der Waals surface area contributed by atoms with E-state index in [0.717, 1.165) is 18.4 Å². The summed E-state index contributed by atoms with van der Waals surface area (Å²) < 4.78 is 0. The second-order valence-electron chi connectivity index (χ2n) is 4.03. The summed E-state index contributed by atoms with van der Waals surface area (Å²) >= 11 is 0. The van der Waals surface area contributed by atoms with Crippen LogP contribution in [0.15, 0.2) is 60.7 Å². The number of rotatable bonds is 5. The molecule has 2 heteroatoms. The average molecular weight is 228 g/mol. The Morgan fingerprint density at radius 2 is 1.47 bits per heavy atom. The Kier molecular flexibility index (Phi) is 4.30. The zero-order valence-corrected chi connectivity index (χ0v) is 9.62. The van der Waals surface area contributed by atoms with Crippen LogP contribution in [0.2, 0.25) is 0 Å². The fourth-order valence-electron chi connectivity index (χ4n) is 1.89. The van der Waals surface area contributed by atoms with Crippen LogP contribution in [-0.2, 0) is 11.3 Å². The van der Waals surface area contributed by atoms with E-state index in [4.69, 9.17) is 5.26 Å². The summed E-state index contributed by atoms with van der Waals surface area (Å²) in [6.45, 7) is 0. The lowest BCUT2D eigenvalue weighted by Crippen LogP contribution is -2.03. The fourth-order valence-corrected chi connectivity index (χ4v) is 1.89. The first kappa shape index (κ1) is 11.8. The normalized spacial score (nSPS) is 12.3. The maximum atomic E-state index is 8.96. The Hall–Kier alpha value is -1.64. The predicted molar refractivity (Wildman–Crippen MR) is 67.7 cm³/mol. The van der Waals surface area contributed by atoms with Crippen molar-refractivity contribution in [1.29, 1.82) is 0 Å². The van der Waals surface area contributed by atoms with Crippen molar-refractivity contribution in [3.63, 3.8) is 0 Å². The molecule has 0 aliphatic carbocycles. The van der Waals surface area contributed by atoms with E-state index in [1.807, 2.05) is 48.5 Å². The summed E-state index contributed by atoms with van der Waals surface area (Å²) in [5.74, 6) is 0. The largest absolute Gasteiger partial charge is 0.251 e. The first-order valence-electron chi connectivity index (χ1n) is 5.79. The molecule has 0 saturated carbocycles. The molecule has 0 aromatic heterocycles. The maximum absolute atomic E-state index is 8.96. The molecule has 1 unspecified atom stereocenters. The molecule has 17 heavy (non-hydrogen) atoms. The van der Waals surface area contributed by atoms with Gasteiger partial charge >= 0.3 is 0 Å². The van der Waals surface area contributed by atoms with Crippen molar-refractivity contribution in [2.75, 3.05) is 0 Å². The van der Waals surface area contributed by atoms with Gasteiger partial charge in [-0.25, -0.2) is 4.89 Å². The van der Waals surface area contributed by atoms with Gasteiger partial charge in [0.15, 0.2) is 0 Å². The van der Waals surface area contributed by atoms with Gasteiger partial charge in [-0.15, -0.1) is 0 Å². The number of benzene rings is 2. The highest BCUT2D eigenvalue weighted by molar-refractivity contribution is 5.19. The highest BCUT2D eigenvalue weighted by Crippen LogP contribution is 2.21. The quantitative estimate of drug-likeness (QED) is 0.622. The maximum Gasteiger partial charge on any atom is 0.118 e. The molecule has 0 aliphatic heterocycles. The second-order valence-corrected chi connectivity index (χ2v) is 4.03. The lowest BCUT2D eigenvalue weighted by molar-refractivity contribution is -0.283. The van der Waals surface area contributed by atoms with Crippen LogP contribution in [-0.4, -0.2) is 5.26 Å². The van der Waals surface area contributed by atoms with E-state index < -0.39 is 0 Å². The highest BCUT2D eigenvalue weighted by atomic mass is 17.1. The van der Waals surface area contributed by atoms with Gasteiger partial charge in [0.1, 0.15) is 6.10 Å². The molecule has 0 saturated heterocycles. The van der Waals surface area contributed by atoms with Crippen LogP contribution in [0.25, 0.3) is 0 Å². The molecular formula is C15H16O2. The van der Waals surface area contributed by atoms with E-state index in [1.165, 1.54) is 5.56 Å². The molecule has 0 bridgehead atoms. The molecule has 2 nitrogen and oxygen atoms in total. The smallest absolute Gasteiger partial charge is 0.118 e. The molecule has 0 spiro atoms. The Labute approximate surface area is 101 Å². The van der Waals surface area contributed by atoms with E-state index in [0.29, 0.717) is 0 Å². The van der Waals surface area contributed by atoms with Crippen LogP contribution in [0, 0.1) is 0 Å². The van der Waals surface area contributed by atoms with Crippen LogP contribution >= 0.6 is 0 Å². The van der Waals surface area contributed by atoms with E-state index in [1.54, 1.807) is 0 Å². The molecule has 1 atom stereocenters. The van der Waals surface area contributed by atoms with E-state index in [9.17, 15) is 0 Å². The van der Waals surface area contributed by atoms with Crippen LogP contribution in [0.5, 0.6) is 0 Å². The monoisotopic (exact) mass is 228 g/mol. The lowest BCUT2D eigenvalue weighted by Gasteiger charge is -2.13. The molecule has 2 aromatic rings. The number of aryl methyl sites for hydroxylation is 1. The molecule has 0 fully saturated rings. The van der Waals surface area contributed by atoms with E-state index >= 15 is 0 Å². The zero-order chi connectivity index (χ0) is 11.9. The van der Waals surface area contributed by atoms with Crippen molar-refractivity contribution in [1.82, 2.24) is 0 Å². The van der Waals surface area contributed by atoms with Crippen LogP contribution in [0.1, 0.15) is 23.7 Å². The van der Waals surface area contributed by atoms with Crippen molar-refractivity contribution in [3.05, 3.63) is 71.8 Å². The molecule has 2 rings (SSSR count). The minimum atomic E-state index is -0.253. The van der Waals surface area contributed by atoms with Crippen LogP contribution in [0.4, 0.5) is 0 Å². The number of hydrogen-bond acceptors (Lipinski definition) is 2. The summed E-state index contributed by atoms with van der Waals surface area (Å²) in [6, 6.07) is 20.0. The SMILES string of the molecule is OOC(CCc1ccccc1)c1ccccc1. The van der Waals surface area contributed by atoms with Crippen molar-refractivity contribution in [3.8, 4) is 0 Å². The van der Waals surface area contributed by atoms with Gasteiger partial charge in [0.25, 0.3) is 0 Å². The molecule has 0 amide bonds. The summed E-state index contributed by atoms with van der Waals surface area (Å²) in [6.07, 6.45) is 1.40. The topological polar surface area (TPSA) is 29.5 Å². The molecular weight excluding hydrogens is 212 g/mol. The summed E-state index contributed by atoms with van der Waals surface area (Å²) in [5.41, 5.74) is 2.26. The van der Waals surface area contributed by atoms with Gasteiger partial charge in [0.05, 0.1) is 0 Å². The molecule has 2 aromatic carbocycles. The third kappa shape index (κ3) is 3.41. The molecule has 1 N–H and O–H groups in total. The first-order valence-corrected chi connectivity index (χ1v) is 5.79.